The van der Waals surface area contributed by atoms with E-state index in [4.69, 9.17) is 0 Å². The topological polar surface area (TPSA) is 78.3 Å². The molecule has 0 bridgehead atoms. The number of fused-ring (bicyclic) bond motifs is 1. The van der Waals surface area contributed by atoms with Gasteiger partial charge in [-0.25, -0.2) is 14.8 Å². The minimum Gasteiger partial charge on any atom is -0.476 e. The first kappa shape index (κ1) is 14.5. The maximum absolute atomic E-state index is 11.4. The standard InChI is InChI=1S/C15H16N4O2S/c1-9(10-4-3-6-19(2)8-10)16-15-17-11-5-7-22-13(11)12(18-15)14(20)21/h3-7,9H,8H2,1-2H3,(H,20,21)(H,16,17,18). The van der Waals surface area contributed by atoms with Crippen LogP contribution in [-0.4, -0.2) is 45.6 Å². The summed E-state index contributed by atoms with van der Waals surface area (Å²) in [7, 11) is 2.01. The summed E-state index contributed by atoms with van der Waals surface area (Å²) >= 11 is 1.34. The number of rotatable bonds is 4. The van der Waals surface area contributed by atoms with Gasteiger partial charge in [-0.15, -0.1) is 11.3 Å². The molecule has 0 aromatic carbocycles. The first-order chi connectivity index (χ1) is 10.5. The van der Waals surface area contributed by atoms with Gasteiger partial charge in [0.1, 0.15) is 0 Å². The highest BCUT2D eigenvalue weighted by atomic mass is 32.1. The summed E-state index contributed by atoms with van der Waals surface area (Å²) in [5, 5.41) is 14.3. The SMILES string of the molecule is CC(Nc1nc(C(=O)O)c2sccc2n1)C1=CC=CN(C)C1. The molecule has 22 heavy (non-hydrogen) atoms. The van der Waals surface area contributed by atoms with E-state index in [1.165, 1.54) is 16.9 Å². The van der Waals surface area contributed by atoms with Gasteiger partial charge < -0.3 is 15.3 Å². The average molecular weight is 316 g/mol. The van der Waals surface area contributed by atoms with Crippen molar-refractivity contribution >= 4 is 33.5 Å². The average Bonchev–Trinajstić information content (AvgIpc) is 2.94. The predicted octanol–water partition coefficient (Wildman–Crippen LogP) is 2.58. The van der Waals surface area contributed by atoms with E-state index in [0.717, 1.165) is 6.54 Å². The number of nitrogens with zero attached hydrogens (tertiary/aromatic N) is 3. The van der Waals surface area contributed by atoms with Crippen molar-refractivity contribution in [2.24, 2.45) is 0 Å². The van der Waals surface area contributed by atoms with E-state index in [1.807, 2.05) is 31.6 Å². The molecule has 0 radical (unpaired) electrons. The Hall–Kier alpha value is -2.41. The number of carboxylic acids is 1. The van der Waals surface area contributed by atoms with Crippen molar-refractivity contribution in [3.63, 3.8) is 0 Å². The Morgan fingerprint density at radius 2 is 2.32 bits per heavy atom. The quantitative estimate of drug-likeness (QED) is 0.902. The molecular weight excluding hydrogens is 300 g/mol. The van der Waals surface area contributed by atoms with Crippen molar-refractivity contribution in [2.45, 2.75) is 13.0 Å². The molecule has 0 spiro atoms. The van der Waals surface area contributed by atoms with E-state index in [1.54, 1.807) is 6.07 Å². The van der Waals surface area contributed by atoms with Gasteiger partial charge in [-0.1, -0.05) is 6.08 Å². The fraction of sp³-hybridized carbons (Fsp3) is 0.267. The summed E-state index contributed by atoms with van der Waals surface area (Å²) < 4.78 is 0.602. The Balaban J connectivity index is 1.89. The van der Waals surface area contributed by atoms with E-state index in [0.29, 0.717) is 16.2 Å². The Morgan fingerprint density at radius 1 is 1.50 bits per heavy atom. The Labute approximate surface area is 131 Å². The fourth-order valence-corrected chi connectivity index (χ4v) is 3.16. The van der Waals surface area contributed by atoms with E-state index >= 15 is 0 Å². The summed E-state index contributed by atoms with van der Waals surface area (Å²) in [5.74, 6) is -0.695. The van der Waals surface area contributed by atoms with Gasteiger partial charge in [-0.2, -0.15) is 0 Å². The van der Waals surface area contributed by atoms with Crippen LogP contribution in [0, 0.1) is 0 Å². The normalized spacial score (nSPS) is 15.7. The zero-order chi connectivity index (χ0) is 15.7. The van der Waals surface area contributed by atoms with Crippen molar-refractivity contribution in [3.8, 4) is 0 Å². The summed E-state index contributed by atoms with van der Waals surface area (Å²) in [6, 6.07) is 1.82. The molecule has 1 aliphatic rings. The second kappa shape index (κ2) is 5.76. The maximum atomic E-state index is 11.4. The number of hydrogen-bond donors (Lipinski definition) is 2. The lowest BCUT2D eigenvalue weighted by Gasteiger charge is -2.24. The molecule has 6 nitrogen and oxygen atoms in total. The maximum Gasteiger partial charge on any atom is 0.356 e. The third-order valence-electron chi connectivity index (χ3n) is 3.49. The molecule has 0 saturated carbocycles. The van der Waals surface area contributed by atoms with Gasteiger partial charge >= 0.3 is 5.97 Å². The van der Waals surface area contributed by atoms with E-state index in [9.17, 15) is 9.90 Å². The predicted molar refractivity (Wildman–Crippen MR) is 87.3 cm³/mol. The second-order valence-corrected chi connectivity index (χ2v) is 6.12. The number of hydrogen-bond acceptors (Lipinski definition) is 6. The summed E-state index contributed by atoms with van der Waals surface area (Å²) in [5.41, 5.74) is 1.89. The zero-order valence-corrected chi connectivity index (χ0v) is 13.1. The molecule has 0 fully saturated rings. The lowest BCUT2D eigenvalue weighted by molar-refractivity contribution is 0.0693. The number of allylic oxidation sites excluding steroid dienone is 2. The van der Waals surface area contributed by atoms with Crippen LogP contribution in [0.4, 0.5) is 5.95 Å². The smallest absolute Gasteiger partial charge is 0.356 e. The number of thiophene rings is 1. The van der Waals surface area contributed by atoms with E-state index in [2.05, 4.69) is 26.3 Å². The molecule has 114 valence electrons. The van der Waals surface area contributed by atoms with Gasteiger partial charge in [0.25, 0.3) is 0 Å². The van der Waals surface area contributed by atoms with Crippen LogP contribution in [0.25, 0.3) is 10.2 Å². The molecule has 2 aromatic rings. The zero-order valence-electron chi connectivity index (χ0n) is 12.3. The highest BCUT2D eigenvalue weighted by Gasteiger charge is 2.17. The van der Waals surface area contributed by atoms with Crippen molar-refractivity contribution in [1.82, 2.24) is 14.9 Å². The summed E-state index contributed by atoms with van der Waals surface area (Å²) in [4.78, 5) is 22.0. The highest BCUT2D eigenvalue weighted by molar-refractivity contribution is 7.17. The lowest BCUT2D eigenvalue weighted by Crippen LogP contribution is -2.28. The second-order valence-electron chi connectivity index (χ2n) is 5.20. The van der Waals surface area contributed by atoms with Crippen LogP contribution in [0.2, 0.25) is 0 Å². The van der Waals surface area contributed by atoms with E-state index in [-0.39, 0.29) is 11.7 Å². The van der Waals surface area contributed by atoms with Crippen LogP contribution < -0.4 is 5.32 Å². The molecule has 3 heterocycles. The van der Waals surface area contributed by atoms with E-state index < -0.39 is 5.97 Å². The number of aromatic nitrogens is 2. The van der Waals surface area contributed by atoms with Crippen molar-refractivity contribution in [2.75, 3.05) is 18.9 Å². The van der Waals surface area contributed by atoms with Crippen LogP contribution in [0.1, 0.15) is 17.4 Å². The third-order valence-corrected chi connectivity index (χ3v) is 4.40. The molecule has 2 N–H and O–H groups in total. The number of carboxylic acid groups (broad SMARTS) is 1. The summed E-state index contributed by atoms with van der Waals surface area (Å²) in [6.45, 7) is 2.83. The minimum absolute atomic E-state index is 0.0186. The number of aromatic carboxylic acids is 1. The fourth-order valence-electron chi connectivity index (χ4n) is 2.35. The number of carbonyl (C=O) groups is 1. The number of anilines is 1. The Morgan fingerprint density at radius 3 is 3.05 bits per heavy atom. The van der Waals surface area contributed by atoms with Crippen LogP contribution in [0.3, 0.4) is 0 Å². The monoisotopic (exact) mass is 316 g/mol. The minimum atomic E-state index is -1.04. The molecule has 0 aliphatic carbocycles. The number of likely N-dealkylation sites (N-methyl/N-ethyl adjacent to an activating group) is 1. The van der Waals surface area contributed by atoms with Gasteiger partial charge in [0.05, 0.1) is 10.2 Å². The first-order valence-electron chi connectivity index (χ1n) is 6.87. The van der Waals surface area contributed by atoms with Gasteiger partial charge in [-0.05, 0) is 36.2 Å². The largest absolute Gasteiger partial charge is 0.476 e. The Kier molecular flexibility index (Phi) is 3.81. The van der Waals surface area contributed by atoms with Gasteiger partial charge in [-0.3, -0.25) is 0 Å². The lowest BCUT2D eigenvalue weighted by atomic mass is 10.1. The van der Waals surface area contributed by atoms with Crippen LogP contribution >= 0.6 is 11.3 Å². The molecule has 0 amide bonds. The molecular formula is C15H16N4O2S. The van der Waals surface area contributed by atoms with Gasteiger partial charge in [0.2, 0.25) is 5.95 Å². The molecule has 1 atom stereocenters. The van der Waals surface area contributed by atoms with Crippen LogP contribution in [-0.2, 0) is 0 Å². The number of nitrogens with one attached hydrogen (secondary N) is 1. The molecule has 1 aliphatic heterocycles. The highest BCUT2D eigenvalue weighted by Crippen LogP contribution is 2.24. The van der Waals surface area contributed by atoms with Crippen LogP contribution in [0.15, 0.2) is 35.4 Å². The third kappa shape index (κ3) is 2.80. The van der Waals surface area contributed by atoms with Gasteiger partial charge in [0, 0.05) is 19.6 Å². The molecule has 3 rings (SSSR count). The molecule has 7 heteroatoms. The van der Waals surface area contributed by atoms with Crippen molar-refractivity contribution < 1.29 is 9.90 Å². The van der Waals surface area contributed by atoms with Gasteiger partial charge in [0.15, 0.2) is 5.69 Å². The molecule has 2 aromatic heterocycles. The Bertz CT molecular complexity index is 781. The van der Waals surface area contributed by atoms with Crippen LogP contribution in [0.5, 0.6) is 0 Å². The van der Waals surface area contributed by atoms with Crippen molar-refractivity contribution in [3.05, 3.63) is 41.1 Å². The first-order valence-corrected chi connectivity index (χ1v) is 7.75. The molecule has 1 unspecified atom stereocenters. The summed E-state index contributed by atoms with van der Waals surface area (Å²) in [6.07, 6.45) is 6.05. The van der Waals surface area contributed by atoms with Crippen molar-refractivity contribution in [1.29, 1.82) is 0 Å². The molecule has 0 saturated heterocycles.